The molecule has 2 N–H and O–H groups in total. The molecule has 3 rings (SSSR count). The van der Waals surface area contributed by atoms with E-state index in [1.54, 1.807) is 0 Å². The fourth-order valence-electron chi connectivity index (χ4n) is 3.32. The van der Waals surface area contributed by atoms with E-state index in [9.17, 15) is 24.8 Å². The Labute approximate surface area is 142 Å². The van der Waals surface area contributed by atoms with Gasteiger partial charge < -0.3 is 5.11 Å². The minimum atomic E-state index is -0.961. The second-order valence-electron chi connectivity index (χ2n) is 6.00. The van der Waals surface area contributed by atoms with Gasteiger partial charge in [0.2, 0.25) is 0 Å². The van der Waals surface area contributed by atoms with E-state index >= 15 is 0 Å². The third-order valence-corrected chi connectivity index (χ3v) is 4.51. The Bertz CT molecular complexity index is 801. The summed E-state index contributed by atoms with van der Waals surface area (Å²) in [6, 6.07) is 4.64. The van der Waals surface area contributed by atoms with Crippen molar-refractivity contribution in [3.8, 4) is 0 Å². The second kappa shape index (κ2) is 6.80. The number of aliphatic hydroxyl groups is 1. The smallest absolute Gasteiger partial charge is 0.364 e. The van der Waals surface area contributed by atoms with Crippen LogP contribution in [0.2, 0.25) is 0 Å². The van der Waals surface area contributed by atoms with Gasteiger partial charge in [0.25, 0.3) is 5.69 Å². The lowest BCUT2D eigenvalue weighted by molar-refractivity contribution is -0.383. The Hall–Kier alpha value is -3.10. The lowest BCUT2D eigenvalue weighted by Gasteiger charge is -2.23. The zero-order valence-electron chi connectivity index (χ0n) is 13.2. The number of amides is 2. The number of anilines is 1. The van der Waals surface area contributed by atoms with Crippen LogP contribution in [-0.2, 0) is 4.79 Å². The Morgan fingerprint density at radius 2 is 1.92 bits per heavy atom. The molecule has 0 saturated heterocycles. The number of nitro benzene ring substituents is 1. The van der Waals surface area contributed by atoms with Crippen molar-refractivity contribution in [1.82, 2.24) is 0 Å². The SMILES string of the molecule is O=C(N=NC1=C(O)C2CCCCC2C1=O)Nc1ccccc1[N+](=O)[O-]. The first kappa shape index (κ1) is 16.7. The molecule has 2 unspecified atom stereocenters. The number of nitrogens with one attached hydrogen (secondary N) is 1. The van der Waals surface area contributed by atoms with E-state index in [2.05, 4.69) is 15.5 Å². The highest BCUT2D eigenvalue weighted by Gasteiger charge is 2.43. The van der Waals surface area contributed by atoms with Gasteiger partial charge in [-0.2, -0.15) is 0 Å². The number of nitrogens with zero attached hydrogens (tertiary/aromatic N) is 3. The number of rotatable bonds is 3. The molecule has 0 spiro atoms. The largest absolute Gasteiger partial charge is 0.510 e. The molecule has 1 aromatic carbocycles. The average molecular weight is 344 g/mol. The van der Waals surface area contributed by atoms with E-state index in [1.165, 1.54) is 24.3 Å². The molecular formula is C16H16N4O5. The maximum atomic E-state index is 12.3. The number of carbonyl (C=O) groups is 2. The zero-order valence-corrected chi connectivity index (χ0v) is 13.2. The minimum Gasteiger partial charge on any atom is -0.510 e. The molecular weight excluding hydrogens is 328 g/mol. The molecule has 0 aliphatic heterocycles. The fraction of sp³-hybridized carbons (Fsp3) is 0.375. The molecule has 0 aromatic heterocycles. The molecule has 0 bridgehead atoms. The van der Waals surface area contributed by atoms with Crippen molar-refractivity contribution < 1.29 is 19.6 Å². The molecule has 2 atom stereocenters. The molecule has 130 valence electrons. The Balaban J connectivity index is 1.74. The van der Waals surface area contributed by atoms with Gasteiger partial charge in [-0.15, -0.1) is 5.11 Å². The summed E-state index contributed by atoms with van der Waals surface area (Å²) >= 11 is 0. The summed E-state index contributed by atoms with van der Waals surface area (Å²) in [5.74, 6) is -0.948. The predicted octanol–water partition coefficient (Wildman–Crippen LogP) is 3.74. The second-order valence-corrected chi connectivity index (χ2v) is 6.00. The van der Waals surface area contributed by atoms with E-state index in [0.29, 0.717) is 12.8 Å². The van der Waals surface area contributed by atoms with Crippen LogP contribution in [0, 0.1) is 22.0 Å². The van der Waals surface area contributed by atoms with Crippen LogP contribution < -0.4 is 5.32 Å². The van der Waals surface area contributed by atoms with Crippen LogP contribution in [-0.4, -0.2) is 21.8 Å². The van der Waals surface area contributed by atoms with Gasteiger partial charge in [0, 0.05) is 17.9 Å². The summed E-state index contributed by atoms with van der Waals surface area (Å²) in [5, 5.41) is 30.3. The minimum absolute atomic E-state index is 0.0268. The monoisotopic (exact) mass is 344 g/mol. The fourth-order valence-corrected chi connectivity index (χ4v) is 3.32. The average Bonchev–Trinajstić information content (AvgIpc) is 2.85. The standard InChI is InChI=1S/C16H16N4O5/c21-14-9-5-1-2-6-10(9)15(22)13(14)18-19-16(23)17-11-7-3-4-8-12(11)20(24)25/h3-4,7-10,21H,1-2,5-6H2,(H,17,23). The Morgan fingerprint density at radius 3 is 2.60 bits per heavy atom. The molecule has 2 amide bonds. The number of Topliss-reactive ketones (excluding diaryl/α,β-unsaturated/α-hetero) is 1. The number of nitro groups is 1. The van der Waals surface area contributed by atoms with Crippen LogP contribution in [0.1, 0.15) is 25.7 Å². The quantitative estimate of drug-likeness (QED) is 0.489. The normalized spacial score (nSPS) is 23.0. The van der Waals surface area contributed by atoms with E-state index in [-0.39, 0.29) is 40.5 Å². The number of benzene rings is 1. The predicted molar refractivity (Wildman–Crippen MR) is 87.1 cm³/mol. The van der Waals surface area contributed by atoms with Gasteiger partial charge in [-0.05, 0) is 18.9 Å². The number of azo groups is 1. The van der Waals surface area contributed by atoms with Crippen molar-refractivity contribution in [2.24, 2.45) is 22.1 Å². The number of hydrogen-bond donors (Lipinski definition) is 2. The number of fused-ring (bicyclic) bond motifs is 1. The van der Waals surface area contributed by atoms with Crippen LogP contribution in [0.4, 0.5) is 16.2 Å². The first-order chi connectivity index (χ1) is 12.0. The van der Waals surface area contributed by atoms with Crippen molar-refractivity contribution in [3.63, 3.8) is 0 Å². The van der Waals surface area contributed by atoms with Gasteiger partial charge in [-0.25, -0.2) is 4.79 Å². The maximum absolute atomic E-state index is 12.3. The highest BCUT2D eigenvalue weighted by atomic mass is 16.6. The van der Waals surface area contributed by atoms with E-state index in [1.807, 2.05) is 0 Å². The summed E-state index contributed by atoms with van der Waals surface area (Å²) in [7, 11) is 0. The molecule has 2 aliphatic carbocycles. The molecule has 1 aromatic rings. The summed E-state index contributed by atoms with van der Waals surface area (Å²) in [6.45, 7) is 0. The molecule has 2 aliphatic rings. The maximum Gasteiger partial charge on any atom is 0.364 e. The van der Waals surface area contributed by atoms with Crippen molar-refractivity contribution in [2.45, 2.75) is 25.7 Å². The van der Waals surface area contributed by atoms with E-state index < -0.39 is 11.0 Å². The summed E-state index contributed by atoms with van der Waals surface area (Å²) in [5.41, 5.74) is -0.494. The Kier molecular flexibility index (Phi) is 4.55. The number of aliphatic hydroxyl groups excluding tert-OH is 1. The summed E-state index contributed by atoms with van der Waals surface area (Å²) < 4.78 is 0. The molecule has 1 saturated carbocycles. The first-order valence-electron chi connectivity index (χ1n) is 7.92. The van der Waals surface area contributed by atoms with Gasteiger partial charge in [0.15, 0.2) is 11.5 Å². The van der Waals surface area contributed by atoms with Crippen LogP contribution in [0.15, 0.2) is 46.0 Å². The van der Waals surface area contributed by atoms with Gasteiger partial charge >= 0.3 is 6.03 Å². The van der Waals surface area contributed by atoms with Gasteiger partial charge in [0.05, 0.1) is 4.92 Å². The van der Waals surface area contributed by atoms with E-state index in [0.717, 1.165) is 12.8 Å². The highest BCUT2D eigenvalue weighted by Crippen LogP contribution is 2.42. The van der Waals surface area contributed by atoms with Crippen LogP contribution in [0.3, 0.4) is 0 Å². The van der Waals surface area contributed by atoms with Gasteiger partial charge in [-0.1, -0.05) is 30.1 Å². The molecule has 0 radical (unpaired) electrons. The van der Waals surface area contributed by atoms with Crippen LogP contribution >= 0.6 is 0 Å². The van der Waals surface area contributed by atoms with Crippen molar-refractivity contribution >= 4 is 23.2 Å². The summed E-state index contributed by atoms with van der Waals surface area (Å²) in [6.07, 6.45) is 3.25. The van der Waals surface area contributed by atoms with Crippen molar-refractivity contribution in [2.75, 3.05) is 5.32 Å². The molecule has 9 heteroatoms. The summed E-state index contributed by atoms with van der Waals surface area (Å²) in [4.78, 5) is 34.4. The number of hydrogen-bond acceptors (Lipinski definition) is 6. The lowest BCUT2D eigenvalue weighted by Crippen LogP contribution is -2.21. The van der Waals surface area contributed by atoms with Crippen molar-refractivity contribution in [3.05, 3.63) is 45.8 Å². The molecule has 0 heterocycles. The third kappa shape index (κ3) is 3.25. The van der Waals surface area contributed by atoms with Crippen LogP contribution in [0.25, 0.3) is 0 Å². The highest BCUT2D eigenvalue weighted by molar-refractivity contribution is 6.00. The third-order valence-electron chi connectivity index (χ3n) is 4.51. The number of carbonyl (C=O) groups excluding carboxylic acids is 2. The van der Waals surface area contributed by atoms with Gasteiger partial charge in [-0.3, -0.25) is 20.2 Å². The zero-order chi connectivity index (χ0) is 18.0. The number of para-hydroxylation sites is 2. The molecule has 9 nitrogen and oxygen atoms in total. The lowest BCUT2D eigenvalue weighted by atomic mass is 9.80. The number of allylic oxidation sites excluding steroid dienone is 2. The van der Waals surface area contributed by atoms with Crippen molar-refractivity contribution in [1.29, 1.82) is 0 Å². The first-order valence-corrected chi connectivity index (χ1v) is 7.92. The number of urea groups is 1. The Morgan fingerprint density at radius 1 is 1.24 bits per heavy atom. The van der Waals surface area contributed by atoms with E-state index in [4.69, 9.17) is 0 Å². The number of ketones is 1. The molecule has 1 fully saturated rings. The van der Waals surface area contributed by atoms with Gasteiger partial charge in [0.1, 0.15) is 11.4 Å². The van der Waals surface area contributed by atoms with Crippen LogP contribution in [0.5, 0.6) is 0 Å². The molecule has 25 heavy (non-hydrogen) atoms. The topological polar surface area (TPSA) is 134 Å².